The summed E-state index contributed by atoms with van der Waals surface area (Å²) in [4.78, 5) is 5.85. The second-order valence-corrected chi connectivity index (χ2v) is 4.59. The Balaban J connectivity index is 1.62. The molecule has 2 saturated heterocycles. The van der Waals surface area contributed by atoms with Crippen LogP contribution in [0.1, 0.15) is 24.8 Å². The molecule has 2 aliphatic rings. The molecule has 1 aromatic carbocycles. The standard InChI is InChI=1S/C14H17NO/c1-2-5-12(6-3-1)8-9-14-11-13-7-4-10-15(13)16-14/h1-3,5-6,8-9,13-14H,4,7,10-11H2/b9-8-/t13-,14+/m0/s1. The molecule has 0 N–H and O–H groups in total. The van der Waals surface area contributed by atoms with Crippen LogP contribution in [-0.4, -0.2) is 23.8 Å². The van der Waals surface area contributed by atoms with E-state index in [2.05, 4.69) is 41.5 Å². The lowest BCUT2D eigenvalue weighted by Gasteiger charge is -2.11. The van der Waals surface area contributed by atoms with Crippen LogP contribution in [0, 0.1) is 0 Å². The normalized spacial score (nSPS) is 30.0. The van der Waals surface area contributed by atoms with Gasteiger partial charge in [-0.25, -0.2) is 0 Å². The molecule has 1 aromatic rings. The summed E-state index contributed by atoms with van der Waals surface area (Å²) in [5, 5.41) is 2.17. The molecule has 0 unspecified atom stereocenters. The molecule has 0 aliphatic carbocycles. The maximum Gasteiger partial charge on any atom is 0.0993 e. The molecule has 3 rings (SSSR count). The zero-order valence-electron chi connectivity index (χ0n) is 9.38. The Bertz CT molecular complexity index is 362. The lowest BCUT2D eigenvalue weighted by molar-refractivity contribution is -0.134. The van der Waals surface area contributed by atoms with Crippen molar-refractivity contribution < 1.29 is 4.84 Å². The summed E-state index contributed by atoms with van der Waals surface area (Å²) in [6.45, 7) is 1.11. The van der Waals surface area contributed by atoms with Gasteiger partial charge in [0.15, 0.2) is 0 Å². The van der Waals surface area contributed by atoms with Crippen LogP contribution >= 0.6 is 0 Å². The van der Waals surface area contributed by atoms with E-state index in [4.69, 9.17) is 4.84 Å². The average Bonchev–Trinajstić information content (AvgIpc) is 2.88. The number of nitrogens with zero attached hydrogens (tertiary/aromatic N) is 1. The van der Waals surface area contributed by atoms with E-state index in [-0.39, 0.29) is 6.10 Å². The lowest BCUT2D eigenvalue weighted by Crippen LogP contribution is -2.20. The molecule has 2 heterocycles. The van der Waals surface area contributed by atoms with Gasteiger partial charge in [-0.3, -0.25) is 4.84 Å². The molecule has 0 aromatic heterocycles. The maximum absolute atomic E-state index is 5.85. The predicted molar refractivity (Wildman–Crippen MR) is 64.7 cm³/mol. The quantitative estimate of drug-likeness (QED) is 0.752. The molecule has 2 fully saturated rings. The third-order valence-corrected chi connectivity index (χ3v) is 3.40. The number of benzene rings is 1. The zero-order valence-corrected chi connectivity index (χ0v) is 9.38. The molecule has 0 bridgehead atoms. The molecule has 0 radical (unpaired) electrons. The van der Waals surface area contributed by atoms with Crippen LogP contribution in [0.3, 0.4) is 0 Å². The molecular formula is C14H17NO. The van der Waals surface area contributed by atoms with Gasteiger partial charge in [-0.05, 0) is 24.8 Å². The van der Waals surface area contributed by atoms with E-state index < -0.39 is 0 Å². The van der Waals surface area contributed by atoms with Gasteiger partial charge in [0.25, 0.3) is 0 Å². The van der Waals surface area contributed by atoms with Gasteiger partial charge < -0.3 is 0 Å². The van der Waals surface area contributed by atoms with Gasteiger partial charge in [-0.1, -0.05) is 42.5 Å². The third kappa shape index (κ3) is 2.04. The summed E-state index contributed by atoms with van der Waals surface area (Å²) in [6, 6.07) is 11.1. The van der Waals surface area contributed by atoms with E-state index in [1.165, 1.54) is 18.4 Å². The number of fused-ring (bicyclic) bond motifs is 1. The first-order valence-corrected chi connectivity index (χ1v) is 6.08. The monoisotopic (exact) mass is 215 g/mol. The van der Waals surface area contributed by atoms with Crippen LogP contribution in [0.4, 0.5) is 0 Å². The lowest BCUT2D eigenvalue weighted by atomic mass is 10.1. The molecule has 0 amide bonds. The Kier molecular flexibility index (Phi) is 2.77. The zero-order chi connectivity index (χ0) is 10.8. The second-order valence-electron chi connectivity index (χ2n) is 4.59. The van der Waals surface area contributed by atoms with Crippen molar-refractivity contribution >= 4 is 6.08 Å². The van der Waals surface area contributed by atoms with Crippen molar-refractivity contribution in [3.05, 3.63) is 42.0 Å². The fraction of sp³-hybridized carbons (Fsp3) is 0.429. The number of hydrogen-bond acceptors (Lipinski definition) is 2. The van der Waals surface area contributed by atoms with Crippen molar-refractivity contribution in [1.29, 1.82) is 0 Å². The van der Waals surface area contributed by atoms with E-state index >= 15 is 0 Å². The van der Waals surface area contributed by atoms with Crippen molar-refractivity contribution in [2.24, 2.45) is 0 Å². The molecule has 84 valence electrons. The number of rotatable bonds is 2. The summed E-state index contributed by atoms with van der Waals surface area (Å²) in [7, 11) is 0. The maximum atomic E-state index is 5.85. The van der Waals surface area contributed by atoms with E-state index in [0.29, 0.717) is 6.04 Å². The second kappa shape index (κ2) is 4.40. The van der Waals surface area contributed by atoms with Crippen LogP contribution in [0.5, 0.6) is 0 Å². The van der Waals surface area contributed by atoms with Crippen molar-refractivity contribution in [1.82, 2.24) is 5.06 Å². The fourth-order valence-corrected chi connectivity index (χ4v) is 2.56. The fourth-order valence-electron chi connectivity index (χ4n) is 2.56. The van der Waals surface area contributed by atoms with E-state index in [1.54, 1.807) is 0 Å². The van der Waals surface area contributed by atoms with Crippen molar-refractivity contribution in [2.75, 3.05) is 6.54 Å². The molecule has 2 nitrogen and oxygen atoms in total. The minimum absolute atomic E-state index is 0.283. The van der Waals surface area contributed by atoms with E-state index in [0.717, 1.165) is 13.0 Å². The Morgan fingerprint density at radius 3 is 2.94 bits per heavy atom. The minimum Gasteiger partial charge on any atom is -0.291 e. The predicted octanol–water partition coefficient (Wildman–Crippen LogP) is 2.87. The average molecular weight is 215 g/mol. The van der Waals surface area contributed by atoms with Crippen molar-refractivity contribution in [2.45, 2.75) is 31.4 Å². The Morgan fingerprint density at radius 1 is 1.25 bits per heavy atom. The first kappa shape index (κ1) is 10.1. The molecule has 2 aliphatic heterocycles. The summed E-state index contributed by atoms with van der Waals surface area (Å²) < 4.78 is 0. The van der Waals surface area contributed by atoms with Gasteiger partial charge in [0.1, 0.15) is 0 Å². The van der Waals surface area contributed by atoms with Crippen LogP contribution in [-0.2, 0) is 4.84 Å². The van der Waals surface area contributed by atoms with Gasteiger partial charge in [0.05, 0.1) is 6.10 Å². The highest BCUT2D eigenvalue weighted by Gasteiger charge is 2.35. The van der Waals surface area contributed by atoms with Crippen LogP contribution in [0.2, 0.25) is 0 Å². The van der Waals surface area contributed by atoms with Crippen molar-refractivity contribution in [3.8, 4) is 0 Å². The first-order chi connectivity index (χ1) is 7.92. The van der Waals surface area contributed by atoms with Crippen molar-refractivity contribution in [3.63, 3.8) is 0 Å². The molecule has 16 heavy (non-hydrogen) atoms. The number of hydrogen-bond donors (Lipinski definition) is 0. The smallest absolute Gasteiger partial charge is 0.0993 e. The van der Waals surface area contributed by atoms with Crippen LogP contribution in [0.25, 0.3) is 6.08 Å². The molecule has 2 atom stereocenters. The van der Waals surface area contributed by atoms with Crippen LogP contribution < -0.4 is 0 Å². The van der Waals surface area contributed by atoms with Gasteiger partial charge in [-0.15, -0.1) is 0 Å². The topological polar surface area (TPSA) is 12.5 Å². The highest BCUT2D eigenvalue weighted by atomic mass is 16.7. The molecule has 0 spiro atoms. The molecule has 0 saturated carbocycles. The van der Waals surface area contributed by atoms with Gasteiger partial charge in [0, 0.05) is 12.6 Å². The highest BCUT2D eigenvalue weighted by Crippen LogP contribution is 2.30. The summed E-state index contributed by atoms with van der Waals surface area (Å²) >= 11 is 0. The molecular weight excluding hydrogens is 198 g/mol. The molecule has 2 heteroatoms. The Hall–Kier alpha value is -1.12. The summed E-state index contributed by atoms with van der Waals surface area (Å²) in [6.07, 6.45) is 8.38. The van der Waals surface area contributed by atoms with Gasteiger partial charge >= 0.3 is 0 Å². The summed E-state index contributed by atoms with van der Waals surface area (Å²) in [5.41, 5.74) is 1.25. The van der Waals surface area contributed by atoms with Gasteiger partial charge in [0.2, 0.25) is 0 Å². The first-order valence-electron chi connectivity index (χ1n) is 6.08. The SMILES string of the molecule is C(=C/[C@@H]1C[C@@H]2CCCN2O1)/c1ccccc1. The van der Waals surface area contributed by atoms with Gasteiger partial charge in [-0.2, -0.15) is 5.06 Å². The summed E-state index contributed by atoms with van der Waals surface area (Å²) in [5.74, 6) is 0. The Morgan fingerprint density at radius 2 is 2.12 bits per heavy atom. The minimum atomic E-state index is 0.283. The Labute approximate surface area is 96.5 Å². The largest absolute Gasteiger partial charge is 0.291 e. The number of hydroxylamine groups is 2. The van der Waals surface area contributed by atoms with E-state index in [1.807, 2.05) is 6.07 Å². The highest BCUT2D eigenvalue weighted by molar-refractivity contribution is 5.49. The third-order valence-electron chi connectivity index (χ3n) is 3.40. The van der Waals surface area contributed by atoms with Crippen LogP contribution in [0.15, 0.2) is 36.4 Å². The van der Waals surface area contributed by atoms with E-state index in [9.17, 15) is 0 Å².